The van der Waals surface area contributed by atoms with Crippen molar-refractivity contribution in [3.8, 4) is 6.07 Å². The lowest BCUT2D eigenvalue weighted by molar-refractivity contribution is -0.142. The predicted molar refractivity (Wildman–Crippen MR) is 90.6 cm³/mol. The fourth-order valence-corrected chi connectivity index (χ4v) is 2.25. The number of hydrogen-bond donors (Lipinski definition) is 1. The zero-order valence-electron chi connectivity index (χ0n) is 13.9. The Morgan fingerprint density at radius 2 is 1.32 bits per heavy atom. The molecular formula is C16H12Cl2F6N4. The molecule has 2 aromatic heterocycles. The molecule has 0 aliphatic rings. The highest BCUT2D eigenvalue weighted by Gasteiger charge is 2.33. The number of hydrogen-bond acceptors (Lipinski definition) is 4. The van der Waals surface area contributed by atoms with Crippen LogP contribution in [0.1, 0.15) is 22.5 Å². The molecule has 0 saturated carbocycles. The summed E-state index contributed by atoms with van der Waals surface area (Å²) in [4.78, 5) is 6.43. The van der Waals surface area contributed by atoms with E-state index in [2.05, 4.69) is 9.97 Å². The lowest BCUT2D eigenvalue weighted by Crippen LogP contribution is -2.09. The maximum absolute atomic E-state index is 12.1. The number of alkyl halides is 6. The van der Waals surface area contributed by atoms with Crippen molar-refractivity contribution in [3.05, 3.63) is 57.1 Å². The third-order valence-corrected chi connectivity index (χ3v) is 3.83. The molecule has 0 bridgehead atoms. The van der Waals surface area contributed by atoms with E-state index in [0.717, 1.165) is 18.5 Å². The third kappa shape index (κ3) is 7.14. The van der Waals surface area contributed by atoms with Crippen molar-refractivity contribution < 1.29 is 26.3 Å². The first-order valence-corrected chi connectivity index (χ1v) is 8.16. The summed E-state index contributed by atoms with van der Waals surface area (Å²) >= 11 is 11.1. The van der Waals surface area contributed by atoms with Crippen LogP contribution in [0.3, 0.4) is 0 Å². The Morgan fingerprint density at radius 3 is 1.64 bits per heavy atom. The molecule has 2 N–H and O–H groups in total. The molecule has 4 nitrogen and oxygen atoms in total. The van der Waals surface area contributed by atoms with E-state index in [4.69, 9.17) is 34.2 Å². The van der Waals surface area contributed by atoms with Crippen molar-refractivity contribution in [3.63, 3.8) is 0 Å². The van der Waals surface area contributed by atoms with Crippen LogP contribution in [0.4, 0.5) is 26.3 Å². The van der Waals surface area contributed by atoms with E-state index in [9.17, 15) is 26.3 Å². The summed E-state index contributed by atoms with van der Waals surface area (Å²) in [5, 5.41) is 8.28. The molecule has 2 heterocycles. The van der Waals surface area contributed by atoms with E-state index >= 15 is 0 Å². The molecule has 0 unspecified atom stereocenters. The number of rotatable bonds is 3. The van der Waals surface area contributed by atoms with E-state index in [1.165, 1.54) is 0 Å². The number of halogens is 8. The van der Waals surface area contributed by atoms with Crippen LogP contribution in [-0.4, -0.2) is 16.5 Å². The van der Waals surface area contributed by atoms with E-state index in [0.29, 0.717) is 30.2 Å². The Kier molecular flexibility index (Phi) is 8.48. The molecule has 0 radical (unpaired) electrons. The molecule has 0 aliphatic carbocycles. The second kappa shape index (κ2) is 9.91. The van der Waals surface area contributed by atoms with Gasteiger partial charge in [0.25, 0.3) is 0 Å². The summed E-state index contributed by atoms with van der Waals surface area (Å²) in [6, 6.07) is 3.31. The molecule has 0 atom stereocenters. The minimum absolute atomic E-state index is 0.0516. The Hall–Kier alpha value is -2.09. The summed E-state index contributed by atoms with van der Waals surface area (Å²) in [7, 11) is 0. The second-order valence-corrected chi connectivity index (χ2v) is 6.01. The molecular weight excluding hydrogens is 433 g/mol. The van der Waals surface area contributed by atoms with Crippen LogP contribution in [0, 0.1) is 11.3 Å². The molecule has 2 rings (SSSR count). The summed E-state index contributed by atoms with van der Waals surface area (Å²) in [6.45, 7) is 0.326. The summed E-state index contributed by atoms with van der Waals surface area (Å²) in [5.74, 6) is 0. The zero-order valence-corrected chi connectivity index (χ0v) is 15.4. The number of pyridine rings is 2. The normalized spacial score (nSPS) is 11.4. The number of nitriles is 1. The predicted octanol–water partition coefficient (Wildman–Crippen LogP) is 5.07. The van der Waals surface area contributed by atoms with Crippen molar-refractivity contribution in [2.24, 2.45) is 5.73 Å². The van der Waals surface area contributed by atoms with Gasteiger partial charge in [-0.25, -0.2) is 0 Å². The van der Waals surface area contributed by atoms with E-state index in [1.54, 1.807) is 6.07 Å². The van der Waals surface area contributed by atoms with Gasteiger partial charge in [-0.05, 0) is 30.7 Å². The lowest BCUT2D eigenvalue weighted by atomic mass is 10.2. The van der Waals surface area contributed by atoms with Gasteiger partial charge in [0, 0.05) is 28.0 Å². The first-order chi connectivity index (χ1) is 12.9. The smallest absolute Gasteiger partial charge is 0.330 e. The third-order valence-electron chi connectivity index (χ3n) is 3.12. The highest BCUT2D eigenvalue weighted by molar-refractivity contribution is 6.31. The lowest BCUT2D eigenvalue weighted by Gasteiger charge is -2.07. The Bertz CT molecular complexity index is 846. The Balaban J connectivity index is 0.000000280. The molecule has 0 aromatic carbocycles. The highest BCUT2D eigenvalue weighted by Crippen LogP contribution is 2.31. The van der Waals surface area contributed by atoms with Gasteiger partial charge in [0.1, 0.15) is 11.4 Å². The zero-order chi connectivity index (χ0) is 21.5. The Labute approximate surface area is 165 Å². The van der Waals surface area contributed by atoms with Gasteiger partial charge in [-0.3, -0.25) is 9.97 Å². The fourth-order valence-electron chi connectivity index (χ4n) is 1.78. The van der Waals surface area contributed by atoms with Crippen molar-refractivity contribution in [2.75, 3.05) is 6.54 Å². The van der Waals surface area contributed by atoms with Gasteiger partial charge in [-0.15, -0.1) is 0 Å². The molecule has 0 saturated heterocycles. The minimum atomic E-state index is -4.51. The first-order valence-electron chi connectivity index (χ1n) is 7.40. The van der Waals surface area contributed by atoms with E-state index in [1.807, 2.05) is 0 Å². The molecule has 0 fully saturated rings. The number of aromatic nitrogens is 2. The second-order valence-electron chi connectivity index (χ2n) is 5.19. The van der Waals surface area contributed by atoms with Gasteiger partial charge in [-0.1, -0.05) is 23.2 Å². The van der Waals surface area contributed by atoms with Gasteiger partial charge in [-0.2, -0.15) is 31.6 Å². The minimum Gasteiger partial charge on any atom is -0.330 e. The monoisotopic (exact) mass is 444 g/mol. The molecule has 2 aromatic rings. The van der Waals surface area contributed by atoms with Crippen molar-refractivity contribution in [1.82, 2.24) is 9.97 Å². The van der Waals surface area contributed by atoms with Crippen molar-refractivity contribution >= 4 is 23.2 Å². The van der Waals surface area contributed by atoms with E-state index in [-0.39, 0.29) is 16.5 Å². The van der Waals surface area contributed by atoms with Crippen molar-refractivity contribution in [2.45, 2.75) is 25.2 Å². The molecule has 0 aliphatic heterocycles. The van der Waals surface area contributed by atoms with Crippen LogP contribution in [0.5, 0.6) is 0 Å². The van der Waals surface area contributed by atoms with Gasteiger partial charge < -0.3 is 5.73 Å². The van der Waals surface area contributed by atoms with Crippen LogP contribution in [0.15, 0.2) is 24.5 Å². The van der Waals surface area contributed by atoms with Gasteiger partial charge in [0.2, 0.25) is 0 Å². The highest BCUT2D eigenvalue weighted by atomic mass is 35.5. The average Bonchev–Trinajstić information content (AvgIpc) is 2.57. The number of nitrogens with two attached hydrogens (primary N) is 1. The maximum atomic E-state index is 12.1. The maximum Gasteiger partial charge on any atom is 0.433 e. The van der Waals surface area contributed by atoms with Crippen LogP contribution in [-0.2, 0) is 25.2 Å². The van der Waals surface area contributed by atoms with Crippen LogP contribution < -0.4 is 5.73 Å². The molecule has 152 valence electrons. The summed E-state index contributed by atoms with van der Waals surface area (Å²) in [5.41, 5.74) is 4.03. The van der Waals surface area contributed by atoms with Crippen LogP contribution in [0.25, 0.3) is 0 Å². The van der Waals surface area contributed by atoms with Crippen LogP contribution >= 0.6 is 23.2 Å². The largest absolute Gasteiger partial charge is 0.433 e. The molecule has 0 spiro atoms. The molecule has 0 amide bonds. The van der Waals surface area contributed by atoms with Gasteiger partial charge in [0.15, 0.2) is 0 Å². The van der Waals surface area contributed by atoms with Gasteiger partial charge >= 0.3 is 12.4 Å². The first kappa shape index (κ1) is 23.9. The van der Waals surface area contributed by atoms with Crippen LogP contribution in [0.2, 0.25) is 10.0 Å². The summed E-state index contributed by atoms with van der Waals surface area (Å²) in [6.07, 6.45) is -6.51. The number of nitrogens with zero attached hydrogens (tertiary/aromatic N) is 3. The summed E-state index contributed by atoms with van der Waals surface area (Å²) < 4.78 is 72.7. The molecule has 28 heavy (non-hydrogen) atoms. The molecule has 12 heteroatoms. The van der Waals surface area contributed by atoms with Crippen molar-refractivity contribution in [1.29, 1.82) is 5.26 Å². The topological polar surface area (TPSA) is 75.6 Å². The van der Waals surface area contributed by atoms with E-state index < -0.39 is 23.7 Å². The standard InChI is InChI=1S/C8H8ClF3N2.C8H4ClF3N2/c2*9-6-3-7(8(10,11)12)14-4-5(6)1-2-13/h3-4H,1-2,13H2;3-4H,1H2. The average molecular weight is 445 g/mol. The fraction of sp³-hybridized carbons (Fsp3) is 0.312. The SMILES string of the molecule is N#CCc1cnc(C(F)(F)F)cc1Cl.NCCc1cnc(C(F)(F)F)cc1Cl. The van der Waals surface area contributed by atoms with Gasteiger partial charge in [0.05, 0.1) is 12.5 Å². The quantitative estimate of drug-likeness (QED) is 0.670. The Morgan fingerprint density at radius 1 is 0.893 bits per heavy atom.